The molecule has 0 aromatic heterocycles. The van der Waals surface area contributed by atoms with Crippen LogP contribution in [0.3, 0.4) is 0 Å². The minimum atomic E-state index is -0.473. The van der Waals surface area contributed by atoms with Crippen molar-refractivity contribution in [3.8, 4) is 11.5 Å². The normalized spacial score (nSPS) is 16.9. The minimum Gasteiger partial charge on any atom is -0.492 e. The Bertz CT molecular complexity index is 874. The highest BCUT2D eigenvalue weighted by atomic mass is 123. The van der Waals surface area contributed by atoms with Gasteiger partial charge in [0.1, 0.15) is 24.2 Å². The number of halogens is 2. The Kier molecular flexibility index (Phi) is 10.5. The van der Waals surface area contributed by atoms with Crippen molar-refractivity contribution in [2.75, 3.05) is 50.2 Å². The van der Waals surface area contributed by atoms with Crippen LogP contribution in [0.1, 0.15) is 31.9 Å². The Morgan fingerprint density at radius 1 is 1.06 bits per heavy atom. The van der Waals surface area contributed by atoms with Gasteiger partial charge in [-0.3, -0.25) is 4.90 Å². The average Bonchev–Trinajstić information content (AvgIpc) is 2.82. The molecular formula is C26H35ClINO3S. The topological polar surface area (TPSA) is 41.9 Å². The molecule has 2 aromatic carbocycles. The van der Waals surface area contributed by atoms with Gasteiger partial charge in [0.2, 0.25) is 0 Å². The van der Waals surface area contributed by atoms with Gasteiger partial charge in [0.25, 0.3) is 0 Å². The number of rotatable bonds is 11. The first-order chi connectivity index (χ1) is 15.8. The second-order valence-electron chi connectivity index (χ2n) is 9.24. The van der Waals surface area contributed by atoms with Crippen molar-refractivity contribution in [2.24, 2.45) is 5.92 Å². The predicted octanol–water partition coefficient (Wildman–Crippen LogP) is 5.66. The maximum absolute atomic E-state index is 10.3. The smallest absolute Gasteiger partial charge is 0.132 e. The summed E-state index contributed by atoms with van der Waals surface area (Å²) in [7, 11) is 0. The quantitative estimate of drug-likeness (QED) is 0.267. The molecule has 2 aromatic rings. The van der Waals surface area contributed by atoms with Crippen LogP contribution in [-0.4, -0.2) is 66.3 Å². The highest BCUT2D eigenvalue weighted by molar-refractivity contribution is 14.1. The van der Waals surface area contributed by atoms with Crippen LogP contribution in [-0.2, 0) is 5.41 Å². The SMILES string of the molecule is C[C@@H](CCl)COc1ccc(C(C)(C)c2ccc(OC[C@H](O)CN3CCSCC3)cc2)cc1[123I]. The van der Waals surface area contributed by atoms with Crippen molar-refractivity contribution in [3.05, 3.63) is 57.2 Å². The van der Waals surface area contributed by atoms with E-state index in [0.29, 0.717) is 31.6 Å². The number of β-amino-alcohol motifs (C(OH)–C–C–N with tert-alkyl or cyclic N) is 1. The molecule has 0 amide bonds. The third-order valence-electron chi connectivity index (χ3n) is 6.03. The molecule has 33 heavy (non-hydrogen) atoms. The molecule has 182 valence electrons. The van der Waals surface area contributed by atoms with Crippen LogP contribution >= 0.6 is 46.0 Å². The molecule has 7 heteroatoms. The summed E-state index contributed by atoms with van der Waals surface area (Å²) in [6, 6.07) is 14.6. The van der Waals surface area contributed by atoms with E-state index in [0.717, 1.165) is 39.7 Å². The van der Waals surface area contributed by atoms with Crippen molar-refractivity contribution in [1.82, 2.24) is 4.90 Å². The summed E-state index contributed by atoms with van der Waals surface area (Å²) < 4.78 is 12.9. The van der Waals surface area contributed by atoms with Crippen molar-refractivity contribution >= 4 is 46.0 Å². The first kappa shape index (κ1) is 26.9. The maximum atomic E-state index is 10.3. The first-order valence-electron chi connectivity index (χ1n) is 11.5. The monoisotopic (exact) mass is 599 g/mol. The molecule has 1 aliphatic heterocycles. The third kappa shape index (κ3) is 7.92. The Labute approximate surface area is 221 Å². The predicted molar refractivity (Wildman–Crippen MR) is 148 cm³/mol. The molecule has 1 N–H and O–H groups in total. The summed E-state index contributed by atoms with van der Waals surface area (Å²) in [6.45, 7) is 10.2. The van der Waals surface area contributed by atoms with E-state index in [1.807, 2.05) is 23.9 Å². The fourth-order valence-corrected chi connectivity index (χ4v) is 5.48. The molecule has 0 spiro atoms. The number of hydrogen-bond acceptors (Lipinski definition) is 5. The number of nitrogens with zero attached hydrogens (tertiary/aromatic N) is 1. The van der Waals surface area contributed by atoms with Crippen LogP contribution in [0.25, 0.3) is 0 Å². The summed E-state index contributed by atoms with van der Waals surface area (Å²) in [4.78, 5) is 2.31. The Balaban J connectivity index is 1.57. The maximum Gasteiger partial charge on any atom is 0.132 e. The summed E-state index contributed by atoms with van der Waals surface area (Å²) in [5.41, 5.74) is 2.28. The lowest BCUT2D eigenvalue weighted by atomic mass is 9.78. The number of alkyl halides is 1. The van der Waals surface area contributed by atoms with Crippen LogP contribution in [0.5, 0.6) is 11.5 Å². The molecule has 1 heterocycles. The van der Waals surface area contributed by atoms with Crippen LogP contribution < -0.4 is 9.47 Å². The number of thioether (sulfide) groups is 1. The largest absolute Gasteiger partial charge is 0.492 e. The van der Waals surface area contributed by atoms with Crippen LogP contribution in [0.15, 0.2) is 42.5 Å². The average molecular weight is 600 g/mol. The van der Waals surface area contributed by atoms with Gasteiger partial charge in [0.05, 0.1) is 10.2 Å². The summed E-state index contributed by atoms with van der Waals surface area (Å²) in [5, 5.41) is 10.3. The van der Waals surface area contributed by atoms with Gasteiger partial charge >= 0.3 is 0 Å². The van der Waals surface area contributed by atoms with Gasteiger partial charge in [-0.25, -0.2) is 0 Å². The molecule has 0 saturated carbocycles. The van der Waals surface area contributed by atoms with Crippen LogP contribution in [0.2, 0.25) is 0 Å². The molecule has 0 aliphatic carbocycles. The molecule has 2 atom stereocenters. The van der Waals surface area contributed by atoms with E-state index in [1.165, 1.54) is 11.1 Å². The van der Waals surface area contributed by atoms with E-state index in [1.54, 1.807) is 0 Å². The molecule has 3 rings (SSSR count). The van der Waals surface area contributed by atoms with Gasteiger partial charge in [-0.1, -0.05) is 39.0 Å². The lowest BCUT2D eigenvalue weighted by Crippen LogP contribution is -2.40. The molecule has 1 aliphatic rings. The highest BCUT2D eigenvalue weighted by Crippen LogP contribution is 2.35. The number of aliphatic hydroxyl groups excluding tert-OH is 1. The zero-order valence-corrected chi connectivity index (χ0v) is 23.5. The lowest BCUT2D eigenvalue weighted by molar-refractivity contribution is 0.0715. The zero-order chi connectivity index (χ0) is 23.8. The highest BCUT2D eigenvalue weighted by Gasteiger charge is 2.24. The van der Waals surface area contributed by atoms with E-state index in [9.17, 15) is 5.11 Å². The molecule has 1 saturated heterocycles. The molecule has 1 fully saturated rings. The Morgan fingerprint density at radius 2 is 1.73 bits per heavy atom. The van der Waals surface area contributed by atoms with Gasteiger partial charge in [-0.05, 0) is 58.0 Å². The van der Waals surface area contributed by atoms with Gasteiger partial charge < -0.3 is 14.6 Å². The van der Waals surface area contributed by atoms with E-state index in [-0.39, 0.29) is 5.41 Å². The van der Waals surface area contributed by atoms with Crippen molar-refractivity contribution in [1.29, 1.82) is 0 Å². The van der Waals surface area contributed by atoms with Gasteiger partial charge in [0, 0.05) is 48.4 Å². The fourth-order valence-electron chi connectivity index (χ4n) is 3.74. The summed E-state index contributed by atoms with van der Waals surface area (Å²) >= 11 is 10.2. The molecule has 0 radical (unpaired) electrons. The van der Waals surface area contributed by atoms with Gasteiger partial charge in [-0.15, -0.1) is 11.6 Å². The standard InChI is InChI=1S/C26H35ClINO3S/c1-19(15-27)17-32-25-9-6-21(14-24(25)28)26(2,3)20-4-7-23(8-5-20)31-18-22(30)16-29-10-12-33-13-11-29/h4-9,14,19,22,30H,10-13,15-18H2,1-3H3/t19-,22+/m0/s1/i28-4. The zero-order valence-electron chi connectivity index (χ0n) is 19.7. The molecule has 0 unspecified atom stereocenters. The number of hydrogen-bond donors (Lipinski definition) is 1. The number of benzene rings is 2. The second kappa shape index (κ2) is 12.9. The van der Waals surface area contributed by atoms with E-state index >= 15 is 0 Å². The van der Waals surface area contributed by atoms with E-state index in [4.69, 9.17) is 21.1 Å². The van der Waals surface area contributed by atoms with E-state index in [2.05, 4.69) is 78.6 Å². The van der Waals surface area contributed by atoms with Crippen LogP contribution in [0.4, 0.5) is 0 Å². The number of ether oxygens (including phenoxy) is 2. The molecular weight excluding hydrogens is 565 g/mol. The Morgan fingerprint density at radius 3 is 2.36 bits per heavy atom. The van der Waals surface area contributed by atoms with Crippen LogP contribution in [0, 0.1) is 9.49 Å². The molecule has 0 bridgehead atoms. The van der Waals surface area contributed by atoms with E-state index < -0.39 is 6.10 Å². The minimum absolute atomic E-state index is 0.161. The second-order valence-corrected chi connectivity index (χ2v) is 11.9. The van der Waals surface area contributed by atoms with Crippen molar-refractivity contribution < 1.29 is 14.6 Å². The van der Waals surface area contributed by atoms with Gasteiger partial charge in [-0.2, -0.15) is 11.8 Å². The summed E-state index contributed by atoms with van der Waals surface area (Å²) in [6.07, 6.45) is -0.473. The third-order valence-corrected chi connectivity index (χ3v) is 8.34. The van der Waals surface area contributed by atoms with Crippen molar-refractivity contribution in [3.63, 3.8) is 0 Å². The van der Waals surface area contributed by atoms with Crippen molar-refractivity contribution in [2.45, 2.75) is 32.3 Å². The Hall–Kier alpha value is -0.670. The lowest BCUT2D eigenvalue weighted by Gasteiger charge is -2.28. The van der Waals surface area contributed by atoms with Gasteiger partial charge in [0.15, 0.2) is 0 Å². The fraction of sp³-hybridized carbons (Fsp3) is 0.538. The number of aliphatic hydroxyl groups is 1. The summed E-state index contributed by atoms with van der Waals surface area (Å²) in [5.74, 6) is 4.90. The molecule has 4 nitrogen and oxygen atoms in total. The first-order valence-corrected chi connectivity index (χ1v) is 14.3.